The summed E-state index contributed by atoms with van der Waals surface area (Å²) in [5, 5.41) is 0.439. The van der Waals surface area contributed by atoms with Crippen molar-refractivity contribution >= 4 is 39.9 Å². The van der Waals surface area contributed by atoms with E-state index in [1.54, 1.807) is 18.3 Å². The molecule has 0 aliphatic carbocycles. The van der Waals surface area contributed by atoms with Gasteiger partial charge in [-0.1, -0.05) is 23.8 Å². The van der Waals surface area contributed by atoms with Gasteiger partial charge in [-0.25, -0.2) is 4.98 Å². The standard InChI is InChI=1S/C9H7BrClNO/c10-8-6-12-9(11)5-7(8)3-1-2-4-13/h1,3-6H,2H2. The first-order valence-electron chi connectivity index (χ1n) is 3.65. The number of carbonyl (C=O) groups is 1. The van der Waals surface area contributed by atoms with Crippen molar-refractivity contribution in [2.45, 2.75) is 6.42 Å². The largest absolute Gasteiger partial charge is 0.303 e. The lowest BCUT2D eigenvalue weighted by molar-refractivity contribution is -0.107. The molecule has 0 N–H and O–H groups in total. The fraction of sp³-hybridized carbons (Fsp3) is 0.111. The molecule has 1 heterocycles. The zero-order valence-corrected chi connectivity index (χ0v) is 9.05. The van der Waals surface area contributed by atoms with Crippen molar-refractivity contribution in [2.75, 3.05) is 0 Å². The van der Waals surface area contributed by atoms with Gasteiger partial charge in [0, 0.05) is 17.1 Å². The Morgan fingerprint density at radius 3 is 3.08 bits per heavy atom. The summed E-state index contributed by atoms with van der Waals surface area (Å²) in [5.41, 5.74) is 0.918. The van der Waals surface area contributed by atoms with Crippen molar-refractivity contribution in [1.82, 2.24) is 4.98 Å². The Balaban J connectivity index is 2.86. The van der Waals surface area contributed by atoms with Gasteiger partial charge in [0.1, 0.15) is 11.4 Å². The van der Waals surface area contributed by atoms with Crippen LogP contribution in [0.15, 0.2) is 22.8 Å². The Bertz CT molecular complexity index is 338. The molecule has 0 aliphatic rings. The third-order valence-corrected chi connectivity index (χ3v) is 2.25. The Labute approximate surface area is 89.8 Å². The predicted molar refractivity (Wildman–Crippen MR) is 56.7 cm³/mol. The molecule has 0 bridgehead atoms. The van der Waals surface area contributed by atoms with Gasteiger partial charge in [-0.15, -0.1) is 0 Å². The SMILES string of the molecule is O=CCC=Cc1cc(Cl)ncc1Br. The van der Waals surface area contributed by atoms with Crippen LogP contribution < -0.4 is 0 Å². The van der Waals surface area contributed by atoms with Gasteiger partial charge in [0.25, 0.3) is 0 Å². The fourth-order valence-electron chi connectivity index (χ4n) is 0.806. The highest BCUT2D eigenvalue weighted by atomic mass is 79.9. The quantitative estimate of drug-likeness (QED) is 0.617. The van der Waals surface area contributed by atoms with Crippen LogP contribution in [0.25, 0.3) is 6.08 Å². The van der Waals surface area contributed by atoms with Gasteiger partial charge in [-0.2, -0.15) is 0 Å². The third kappa shape index (κ3) is 3.28. The molecule has 0 amide bonds. The molecule has 0 saturated heterocycles. The van der Waals surface area contributed by atoms with E-state index in [2.05, 4.69) is 20.9 Å². The second-order valence-corrected chi connectivity index (χ2v) is 3.57. The third-order valence-electron chi connectivity index (χ3n) is 1.38. The average molecular weight is 261 g/mol. The van der Waals surface area contributed by atoms with Crippen LogP contribution in [0.1, 0.15) is 12.0 Å². The zero-order chi connectivity index (χ0) is 9.68. The molecular formula is C9H7BrClNO. The van der Waals surface area contributed by atoms with Gasteiger partial charge >= 0.3 is 0 Å². The molecule has 0 spiro atoms. The van der Waals surface area contributed by atoms with E-state index >= 15 is 0 Å². The highest BCUT2D eigenvalue weighted by molar-refractivity contribution is 9.10. The maximum atomic E-state index is 10.0. The van der Waals surface area contributed by atoms with Crippen LogP contribution >= 0.6 is 27.5 Å². The summed E-state index contributed by atoms with van der Waals surface area (Å²) < 4.78 is 0.860. The first-order valence-corrected chi connectivity index (χ1v) is 4.82. The summed E-state index contributed by atoms with van der Waals surface area (Å²) in [6, 6.07) is 1.73. The van der Waals surface area contributed by atoms with E-state index < -0.39 is 0 Å². The molecule has 68 valence electrons. The first-order chi connectivity index (χ1) is 6.24. The second kappa shape index (κ2) is 5.14. The maximum absolute atomic E-state index is 10.0. The molecule has 1 aromatic rings. The molecule has 2 nitrogen and oxygen atoms in total. The molecule has 0 saturated carbocycles. The molecule has 0 aromatic carbocycles. The van der Waals surface area contributed by atoms with Crippen molar-refractivity contribution in [3.63, 3.8) is 0 Å². The Morgan fingerprint density at radius 2 is 2.38 bits per heavy atom. The number of pyridine rings is 1. The smallest absolute Gasteiger partial charge is 0.129 e. The van der Waals surface area contributed by atoms with Crippen LogP contribution in [0, 0.1) is 0 Å². The van der Waals surface area contributed by atoms with Crippen molar-refractivity contribution in [2.24, 2.45) is 0 Å². The second-order valence-electron chi connectivity index (χ2n) is 2.33. The van der Waals surface area contributed by atoms with Gasteiger partial charge < -0.3 is 4.79 Å². The Hall–Kier alpha value is -0.670. The summed E-state index contributed by atoms with van der Waals surface area (Å²) in [7, 11) is 0. The molecule has 0 unspecified atom stereocenters. The van der Waals surface area contributed by atoms with Gasteiger partial charge in [0.05, 0.1) is 0 Å². The van der Waals surface area contributed by atoms with E-state index in [1.165, 1.54) is 0 Å². The number of aromatic nitrogens is 1. The summed E-state index contributed by atoms with van der Waals surface area (Å²) in [5.74, 6) is 0. The minimum Gasteiger partial charge on any atom is -0.303 e. The molecule has 4 heteroatoms. The van der Waals surface area contributed by atoms with Gasteiger partial charge in [0.15, 0.2) is 0 Å². The number of hydrogen-bond donors (Lipinski definition) is 0. The van der Waals surface area contributed by atoms with E-state index in [0.717, 1.165) is 16.3 Å². The Morgan fingerprint density at radius 1 is 1.62 bits per heavy atom. The van der Waals surface area contributed by atoms with Crippen molar-refractivity contribution < 1.29 is 4.79 Å². The molecule has 0 radical (unpaired) electrons. The summed E-state index contributed by atoms with van der Waals surface area (Å²) in [6.45, 7) is 0. The molecule has 0 atom stereocenters. The number of allylic oxidation sites excluding steroid dienone is 1. The highest BCUT2D eigenvalue weighted by Gasteiger charge is 1.97. The van der Waals surface area contributed by atoms with Crippen LogP contribution in [-0.4, -0.2) is 11.3 Å². The maximum Gasteiger partial charge on any atom is 0.129 e. The molecular weight excluding hydrogens is 253 g/mol. The van der Waals surface area contributed by atoms with Gasteiger partial charge in [-0.05, 0) is 27.6 Å². The molecule has 1 rings (SSSR count). The Kier molecular flexibility index (Phi) is 4.12. The summed E-state index contributed by atoms with van der Waals surface area (Å²) in [4.78, 5) is 13.9. The number of aldehydes is 1. The fourth-order valence-corrected chi connectivity index (χ4v) is 1.32. The lowest BCUT2D eigenvalue weighted by atomic mass is 10.2. The van der Waals surface area contributed by atoms with E-state index in [-0.39, 0.29) is 0 Å². The van der Waals surface area contributed by atoms with Crippen LogP contribution in [0.4, 0.5) is 0 Å². The van der Waals surface area contributed by atoms with E-state index in [4.69, 9.17) is 11.6 Å². The van der Waals surface area contributed by atoms with Crippen LogP contribution in [0.3, 0.4) is 0 Å². The number of hydrogen-bond acceptors (Lipinski definition) is 2. The minimum absolute atomic E-state index is 0.409. The lowest BCUT2D eigenvalue weighted by Gasteiger charge is -1.97. The monoisotopic (exact) mass is 259 g/mol. The lowest BCUT2D eigenvalue weighted by Crippen LogP contribution is -1.80. The van der Waals surface area contributed by atoms with Crippen molar-refractivity contribution in [3.8, 4) is 0 Å². The van der Waals surface area contributed by atoms with Gasteiger partial charge in [-0.3, -0.25) is 0 Å². The van der Waals surface area contributed by atoms with Gasteiger partial charge in [0.2, 0.25) is 0 Å². The summed E-state index contributed by atoms with van der Waals surface area (Å²) in [6.07, 6.45) is 6.47. The highest BCUT2D eigenvalue weighted by Crippen LogP contribution is 2.19. The number of halogens is 2. The molecule has 0 aliphatic heterocycles. The molecule has 1 aromatic heterocycles. The number of carbonyl (C=O) groups excluding carboxylic acids is 1. The topological polar surface area (TPSA) is 30.0 Å². The number of rotatable bonds is 3. The first kappa shape index (κ1) is 10.4. The van der Waals surface area contributed by atoms with E-state index in [0.29, 0.717) is 11.6 Å². The predicted octanol–water partition coefficient (Wildman–Crippen LogP) is 3.10. The van der Waals surface area contributed by atoms with E-state index in [1.807, 2.05) is 6.08 Å². The normalized spacial score (nSPS) is 10.6. The van der Waals surface area contributed by atoms with Crippen LogP contribution in [0.2, 0.25) is 5.15 Å². The van der Waals surface area contributed by atoms with Crippen molar-refractivity contribution in [3.05, 3.63) is 33.5 Å². The zero-order valence-electron chi connectivity index (χ0n) is 6.71. The summed E-state index contributed by atoms with van der Waals surface area (Å²) >= 11 is 9.02. The van der Waals surface area contributed by atoms with Crippen LogP contribution in [0.5, 0.6) is 0 Å². The van der Waals surface area contributed by atoms with Crippen LogP contribution in [-0.2, 0) is 4.79 Å². The minimum atomic E-state index is 0.409. The molecule has 0 fully saturated rings. The average Bonchev–Trinajstić information content (AvgIpc) is 2.11. The number of nitrogens with zero attached hydrogens (tertiary/aromatic N) is 1. The van der Waals surface area contributed by atoms with Crippen molar-refractivity contribution in [1.29, 1.82) is 0 Å². The molecule has 13 heavy (non-hydrogen) atoms. The van der Waals surface area contributed by atoms with E-state index in [9.17, 15) is 4.79 Å².